The Morgan fingerprint density at radius 2 is 0.800 bits per heavy atom. The van der Waals surface area contributed by atoms with E-state index in [4.69, 9.17) is 23.2 Å². The molecule has 6 rings (SSSR count). The van der Waals surface area contributed by atoms with Crippen molar-refractivity contribution in [2.45, 2.75) is 22.6 Å². The predicted octanol–water partition coefficient (Wildman–Crippen LogP) is 9.14. The van der Waals surface area contributed by atoms with E-state index in [-0.39, 0.29) is 21.7 Å². The van der Waals surface area contributed by atoms with E-state index < -0.39 is 9.75 Å². The molecule has 170 valence electrons. The molecule has 4 aromatic carbocycles. The molecule has 0 spiro atoms. The molecular formula is C32H24Cl2Ti. The molecule has 0 aliphatic heterocycles. The molecule has 0 saturated heterocycles. The van der Waals surface area contributed by atoms with Gasteiger partial charge in [-0.25, -0.2) is 0 Å². The zero-order valence-electron chi connectivity index (χ0n) is 19.2. The number of alkyl halides is 2. The Kier molecular flexibility index (Phi) is 6.68. The fourth-order valence-corrected chi connectivity index (χ4v) is 6.40. The third-order valence-electron chi connectivity index (χ3n) is 7.21. The Morgan fingerprint density at radius 1 is 0.457 bits per heavy atom. The second-order valence-electron chi connectivity index (χ2n) is 9.12. The molecule has 0 amide bonds. The maximum atomic E-state index is 7.62. The molecule has 0 N–H and O–H groups in total. The molecule has 2 unspecified atom stereocenters. The SMILES string of the molecule is ClC1(CCC2(Cl)C(c3ccccc3)=Cc3ccccc32)C(c2ccccc2)=Cc2ccccc21.[Ti]. The average Bonchev–Trinajstić information content (AvgIpc) is 3.36. The zero-order chi connectivity index (χ0) is 23.2. The van der Waals surface area contributed by atoms with Crippen molar-refractivity contribution < 1.29 is 21.7 Å². The van der Waals surface area contributed by atoms with Crippen molar-refractivity contribution >= 4 is 46.5 Å². The van der Waals surface area contributed by atoms with Crippen LogP contribution in [-0.4, -0.2) is 0 Å². The maximum Gasteiger partial charge on any atom is 0.0956 e. The quantitative estimate of drug-likeness (QED) is 0.179. The summed E-state index contributed by atoms with van der Waals surface area (Å²) in [6.07, 6.45) is 5.92. The van der Waals surface area contributed by atoms with Crippen molar-refractivity contribution in [2.75, 3.05) is 0 Å². The summed E-state index contributed by atoms with van der Waals surface area (Å²) in [7, 11) is 0. The monoisotopic (exact) mass is 526 g/mol. The molecule has 2 aliphatic rings. The van der Waals surface area contributed by atoms with Gasteiger partial charge in [0.25, 0.3) is 0 Å². The van der Waals surface area contributed by atoms with Crippen molar-refractivity contribution in [1.29, 1.82) is 0 Å². The van der Waals surface area contributed by atoms with Crippen molar-refractivity contribution in [3.8, 4) is 0 Å². The summed E-state index contributed by atoms with van der Waals surface area (Å²) in [4.78, 5) is -1.28. The van der Waals surface area contributed by atoms with Crippen molar-refractivity contribution in [1.82, 2.24) is 0 Å². The first-order valence-corrected chi connectivity index (χ1v) is 12.5. The summed E-state index contributed by atoms with van der Waals surface area (Å²) >= 11 is 15.2. The van der Waals surface area contributed by atoms with Gasteiger partial charge in [-0.3, -0.25) is 0 Å². The van der Waals surface area contributed by atoms with Gasteiger partial charge in [-0.15, -0.1) is 23.2 Å². The summed E-state index contributed by atoms with van der Waals surface area (Å²) in [6, 6.07) is 37.9. The van der Waals surface area contributed by atoms with Gasteiger partial charge in [-0.1, -0.05) is 109 Å². The summed E-state index contributed by atoms with van der Waals surface area (Å²) in [5.41, 5.74) is 9.29. The van der Waals surface area contributed by atoms with E-state index in [1.807, 2.05) is 12.1 Å². The molecule has 0 fully saturated rings. The molecule has 0 aromatic heterocycles. The molecule has 4 aromatic rings. The van der Waals surface area contributed by atoms with Crippen LogP contribution >= 0.6 is 23.2 Å². The molecule has 2 aliphatic carbocycles. The summed E-state index contributed by atoms with van der Waals surface area (Å²) in [5, 5.41) is 0. The van der Waals surface area contributed by atoms with Crippen LogP contribution in [0.1, 0.15) is 46.2 Å². The normalized spacial score (nSPS) is 22.0. The van der Waals surface area contributed by atoms with Gasteiger partial charge in [0.2, 0.25) is 0 Å². The first-order valence-electron chi connectivity index (χ1n) is 11.7. The van der Waals surface area contributed by atoms with Gasteiger partial charge in [-0.05, 0) is 69.5 Å². The first-order chi connectivity index (χ1) is 16.6. The minimum atomic E-state index is -0.640. The van der Waals surface area contributed by atoms with Crippen LogP contribution in [0.25, 0.3) is 23.3 Å². The molecule has 35 heavy (non-hydrogen) atoms. The molecular weight excluding hydrogens is 503 g/mol. The molecule has 0 saturated carbocycles. The second kappa shape index (κ2) is 9.60. The summed E-state index contributed by atoms with van der Waals surface area (Å²) in [5.74, 6) is 0. The van der Waals surface area contributed by atoms with E-state index in [1.165, 1.54) is 11.1 Å². The van der Waals surface area contributed by atoms with Crippen LogP contribution in [0.5, 0.6) is 0 Å². The van der Waals surface area contributed by atoms with E-state index in [9.17, 15) is 0 Å². The molecule has 0 heterocycles. The van der Waals surface area contributed by atoms with Gasteiger partial charge in [0.05, 0.1) is 9.75 Å². The predicted molar refractivity (Wildman–Crippen MR) is 146 cm³/mol. The molecule has 0 radical (unpaired) electrons. The van der Waals surface area contributed by atoms with Crippen LogP contribution < -0.4 is 0 Å². The molecule has 0 nitrogen and oxygen atoms in total. The first kappa shape index (κ1) is 24.4. The van der Waals surface area contributed by atoms with Crippen LogP contribution in [-0.2, 0) is 31.5 Å². The van der Waals surface area contributed by atoms with Gasteiger partial charge in [0, 0.05) is 21.7 Å². The summed E-state index contributed by atoms with van der Waals surface area (Å²) in [6.45, 7) is 0. The number of rotatable bonds is 5. The van der Waals surface area contributed by atoms with Crippen molar-refractivity contribution in [3.63, 3.8) is 0 Å². The number of fused-ring (bicyclic) bond motifs is 2. The van der Waals surface area contributed by atoms with Crippen molar-refractivity contribution in [2.24, 2.45) is 0 Å². The van der Waals surface area contributed by atoms with Crippen LogP contribution in [0, 0.1) is 0 Å². The minimum Gasteiger partial charge on any atom is -0.109 e. The fourth-order valence-electron chi connectivity index (χ4n) is 5.54. The molecule has 0 bridgehead atoms. The number of hydrogen-bond donors (Lipinski definition) is 0. The third kappa shape index (κ3) is 4.07. The number of hydrogen-bond acceptors (Lipinski definition) is 0. The largest absolute Gasteiger partial charge is 0.109 e. The number of benzene rings is 4. The fraction of sp³-hybridized carbons (Fsp3) is 0.125. The zero-order valence-corrected chi connectivity index (χ0v) is 22.3. The minimum absolute atomic E-state index is 0. The van der Waals surface area contributed by atoms with Gasteiger partial charge in [0.1, 0.15) is 0 Å². The summed E-state index contributed by atoms with van der Waals surface area (Å²) < 4.78 is 0. The van der Waals surface area contributed by atoms with E-state index in [0.717, 1.165) is 33.4 Å². The van der Waals surface area contributed by atoms with Gasteiger partial charge < -0.3 is 0 Å². The molecule has 2 atom stereocenters. The van der Waals surface area contributed by atoms with Gasteiger partial charge in [0.15, 0.2) is 0 Å². The van der Waals surface area contributed by atoms with Gasteiger partial charge >= 0.3 is 0 Å². The van der Waals surface area contributed by atoms with Crippen LogP contribution in [0.15, 0.2) is 109 Å². The van der Waals surface area contributed by atoms with E-state index in [0.29, 0.717) is 12.8 Å². The van der Waals surface area contributed by atoms with Crippen LogP contribution in [0.4, 0.5) is 0 Å². The van der Waals surface area contributed by atoms with E-state index >= 15 is 0 Å². The van der Waals surface area contributed by atoms with Crippen LogP contribution in [0.2, 0.25) is 0 Å². The van der Waals surface area contributed by atoms with Crippen molar-refractivity contribution in [3.05, 3.63) is 143 Å². The maximum absolute atomic E-state index is 7.62. The number of allylic oxidation sites excluding steroid dienone is 2. The molecule has 3 heteroatoms. The van der Waals surface area contributed by atoms with E-state index in [2.05, 4.69) is 109 Å². The number of halogens is 2. The Morgan fingerprint density at radius 3 is 1.20 bits per heavy atom. The average molecular weight is 527 g/mol. The Balaban J connectivity index is 0.00000253. The third-order valence-corrected chi connectivity index (χ3v) is 8.40. The topological polar surface area (TPSA) is 0 Å². The van der Waals surface area contributed by atoms with Crippen LogP contribution in [0.3, 0.4) is 0 Å². The Bertz CT molecular complexity index is 1310. The second-order valence-corrected chi connectivity index (χ2v) is 10.4. The van der Waals surface area contributed by atoms with E-state index in [1.54, 1.807) is 0 Å². The smallest absolute Gasteiger partial charge is 0.0956 e. The standard InChI is InChI=1S/C32H24Cl2.Ti/c33-31(27-17-9-7-15-25(27)21-29(31)23-11-3-1-4-12-23)19-20-32(34)28-18-10-8-16-26(28)22-30(32)24-13-5-2-6-14-24;/h1-18,21-22H,19-20H2;. The van der Waals surface area contributed by atoms with Gasteiger partial charge in [-0.2, -0.15) is 0 Å². The Labute approximate surface area is 232 Å². The Hall–Kier alpha value is -2.35.